The molecular formula is C18H21ClS. The zero-order chi connectivity index (χ0) is 14.2. The molecular weight excluding hydrogens is 284 g/mol. The normalized spacial score (nSPS) is 22.6. The van der Waals surface area contributed by atoms with Crippen molar-refractivity contribution in [1.29, 1.82) is 0 Å². The lowest BCUT2D eigenvalue weighted by Gasteiger charge is -2.32. The highest BCUT2D eigenvalue weighted by molar-refractivity contribution is 8.33. The summed E-state index contributed by atoms with van der Waals surface area (Å²) in [5.41, 5.74) is 1.42. The van der Waals surface area contributed by atoms with Gasteiger partial charge in [-0.2, -0.15) is 0 Å². The van der Waals surface area contributed by atoms with Gasteiger partial charge in [0.1, 0.15) is 0 Å². The molecule has 2 heteroatoms. The number of hydrogen-bond donors (Lipinski definition) is 0. The first kappa shape index (κ1) is 14.0. The number of benzene rings is 2. The van der Waals surface area contributed by atoms with Gasteiger partial charge in [0.25, 0.3) is 0 Å². The fraction of sp³-hybridized carbons (Fsp3) is 0.333. The lowest BCUT2D eigenvalue weighted by atomic mass is 10.1. The van der Waals surface area contributed by atoms with Crippen molar-refractivity contribution >= 4 is 21.6 Å². The van der Waals surface area contributed by atoms with Gasteiger partial charge in [-0.3, -0.25) is 0 Å². The second-order valence-electron chi connectivity index (χ2n) is 6.08. The first-order valence-electron chi connectivity index (χ1n) is 7.09. The number of hydrogen-bond acceptors (Lipinski definition) is 0. The SMILES string of the molecule is CS(C)(c1ccccc1)[C@H]1C[C@@H]1Cc1ccc(Cl)cc1. The molecule has 1 fully saturated rings. The molecule has 0 bridgehead atoms. The summed E-state index contributed by atoms with van der Waals surface area (Å²) in [6.07, 6.45) is 7.51. The van der Waals surface area contributed by atoms with Crippen LogP contribution in [0, 0.1) is 5.92 Å². The minimum atomic E-state index is -0.669. The topological polar surface area (TPSA) is 0 Å². The van der Waals surface area contributed by atoms with Crippen LogP contribution in [0.4, 0.5) is 0 Å². The Kier molecular flexibility index (Phi) is 3.83. The van der Waals surface area contributed by atoms with Crippen molar-refractivity contribution in [3.63, 3.8) is 0 Å². The highest BCUT2D eigenvalue weighted by atomic mass is 35.5. The van der Waals surface area contributed by atoms with Crippen molar-refractivity contribution in [2.75, 3.05) is 12.5 Å². The Hall–Kier alpha value is -0.920. The van der Waals surface area contributed by atoms with Gasteiger partial charge in [0.05, 0.1) is 0 Å². The van der Waals surface area contributed by atoms with Crippen LogP contribution >= 0.6 is 21.6 Å². The van der Waals surface area contributed by atoms with Gasteiger partial charge in [-0.25, -0.2) is 10.0 Å². The zero-order valence-corrected chi connectivity index (χ0v) is 13.6. The Morgan fingerprint density at radius 2 is 1.65 bits per heavy atom. The summed E-state index contributed by atoms with van der Waals surface area (Å²) in [7, 11) is -0.669. The molecule has 0 spiro atoms. The molecule has 0 radical (unpaired) electrons. The lowest BCUT2D eigenvalue weighted by molar-refractivity contribution is 0.834. The van der Waals surface area contributed by atoms with E-state index in [0.29, 0.717) is 0 Å². The third-order valence-electron chi connectivity index (χ3n) is 4.38. The van der Waals surface area contributed by atoms with E-state index in [4.69, 9.17) is 11.6 Å². The lowest BCUT2D eigenvalue weighted by Crippen LogP contribution is -2.05. The van der Waals surface area contributed by atoms with Gasteiger partial charge in [0, 0.05) is 5.02 Å². The van der Waals surface area contributed by atoms with Crippen LogP contribution in [0.3, 0.4) is 0 Å². The van der Waals surface area contributed by atoms with Crippen LogP contribution in [-0.2, 0) is 6.42 Å². The van der Waals surface area contributed by atoms with Crippen LogP contribution in [0.15, 0.2) is 59.5 Å². The molecule has 0 amide bonds. The fourth-order valence-corrected chi connectivity index (χ4v) is 6.15. The Morgan fingerprint density at radius 3 is 2.30 bits per heavy atom. The fourth-order valence-electron chi connectivity index (χ4n) is 3.03. The molecule has 3 rings (SSSR count). The Morgan fingerprint density at radius 1 is 1.00 bits per heavy atom. The molecule has 106 valence electrons. The Balaban J connectivity index is 1.68. The molecule has 20 heavy (non-hydrogen) atoms. The number of halogens is 1. The molecule has 1 saturated carbocycles. The van der Waals surface area contributed by atoms with Crippen LogP contribution < -0.4 is 0 Å². The second kappa shape index (κ2) is 5.46. The van der Waals surface area contributed by atoms with Crippen LogP contribution in [0.1, 0.15) is 12.0 Å². The smallest absolute Gasteiger partial charge is 0.0406 e. The molecule has 2 atom stereocenters. The average Bonchev–Trinajstić information content (AvgIpc) is 3.22. The molecule has 0 nitrogen and oxygen atoms in total. The Labute approximate surface area is 128 Å². The van der Waals surface area contributed by atoms with E-state index in [1.54, 1.807) is 4.90 Å². The van der Waals surface area contributed by atoms with Crippen molar-refractivity contribution in [3.05, 3.63) is 65.2 Å². The molecule has 2 aromatic carbocycles. The van der Waals surface area contributed by atoms with Crippen LogP contribution in [0.5, 0.6) is 0 Å². The van der Waals surface area contributed by atoms with Gasteiger partial charge >= 0.3 is 0 Å². The first-order chi connectivity index (χ1) is 9.57. The summed E-state index contributed by atoms with van der Waals surface area (Å²) in [5.74, 6) is 0.849. The van der Waals surface area contributed by atoms with Gasteiger partial charge in [-0.05, 0) is 59.1 Å². The van der Waals surface area contributed by atoms with Crippen LogP contribution in [0.2, 0.25) is 5.02 Å². The molecule has 1 aliphatic carbocycles. The highest BCUT2D eigenvalue weighted by Crippen LogP contribution is 2.65. The summed E-state index contributed by atoms with van der Waals surface area (Å²) in [6.45, 7) is 0. The molecule has 0 N–H and O–H groups in total. The van der Waals surface area contributed by atoms with Crippen molar-refractivity contribution in [3.8, 4) is 0 Å². The van der Waals surface area contributed by atoms with Crippen molar-refractivity contribution in [2.24, 2.45) is 5.92 Å². The van der Waals surface area contributed by atoms with E-state index < -0.39 is 10.0 Å². The van der Waals surface area contributed by atoms with E-state index in [-0.39, 0.29) is 0 Å². The molecule has 0 saturated heterocycles. The minimum absolute atomic E-state index is 0.669. The first-order valence-corrected chi connectivity index (χ1v) is 9.98. The molecule has 0 unspecified atom stereocenters. The second-order valence-corrected chi connectivity index (χ2v) is 10.4. The molecule has 2 aromatic rings. The van der Waals surface area contributed by atoms with Crippen molar-refractivity contribution < 1.29 is 0 Å². The largest absolute Gasteiger partial charge is 0.217 e. The highest BCUT2D eigenvalue weighted by Gasteiger charge is 2.45. The van der Waals surface area contributed by atoms with E-state index >= 15 is 0 Å². The van der Waals surface area contributed by atoms with Gasteiger partial charge in [-0.1, -0.05) is 54.1 Å². The summed E-state index contributed by atoms with van der Waals surface area (Å²) >= 11 is 5.95. The maximum absolute atomic E-state index is 5.95. The molecule has 0 aliphatic heterocycles. The molecule has 1 aliphatic rings. The van der Waals surface area contributed by atoms with Gasteiger partial charge in [0.15, 0.2) is 0 Å². The van der Waals surface area contributed by atoms with Crippen molar-refractivity contribution in [2.45, 2.75) is 23.0 Å². The summed E-state index contributed by atoms with van der Waals surface area (Å²) in [5, 5.41) is 1.71. The van der Waals surface area contributed by atoms with E-state index in [0.717, 1.165) is 16.2 Å². The molecule has 0 aromatic heterocycles. The summed E-state index contributed by atoms with van der Waals surface area (Å²) in [4.78, 5) is 1.55. The number of rotatable bonds is 4. The zero-order valence-electron chi connectivity index (χ0n) is 12.1. The Bertz CT molecular complexity index is 574. The van der Waals surface area contributed by atoms with E-state index in [1.807, 2.05) is 12.1 Å². The van der Waals surface area contributed by atoms with Gasteiger partial charge < -0.3 is 0 Å². The standard InChI is InChI=1S/C18H21ClS/c1-20(2,17-6-4-3-5-7-17)18-13-15(18)12-14-8-10-16(19)11-9-14/h3-11,15,18H,12-13H2,1-2H3/t15-,18-/m0/s1. The van der Waals surface area contributed by atoms with Gasteiger partial charge in [0.2, 0.25) is 0 Å². The maximum atomic E-state index is 5.95. The maximum Gasteiger partial charge on any atom is 0.0406 e. The van der Waals surface area contributed by atoms with E-state index in [1.165, 1.54) is 18.4 Å². The monoisotopic (exact) mass is 304 g/mol. The molecule has 0 heterocycles. The summed E-state index contributed by atoms with van der Waals surface area (Å²) < 4.78 is 0. The van der Waals surface area contributed by atoms with Crippen LogP contribution in [-0.4, -0.2) is 17.8 Å². The average molecular weight is 305 g/mol. The van der Waals surface area contributed by atoms with E-state index in [9.17, 15) is 0 Å². The van der Waals surface area contributed by atoms with Crippen LogP contribution in [0.25, 0.3) is 0 Å². The summed E-state index contributed by atoms with van der Waals surface area (Å²) in [6, 6.07) is 19.4. The third-order valence-corrected chi connectivity index (χ3v) is 8.21. The third kappa shape index (κ3) is 2.89. The predicted octanol–water partition coefficient (Wildman–Crippen LogP) is 5.39. The predicted molar refractivity (Wildman–Crippen MR) is 91.2 cm³/mol. The van der Waals surface area contributed by atoms with E-state index in [2.05, 4.69) is 55.0 Å². The van der Waals surface area contributed by atoms with Crippen molar-refractivity contribution in [1.82, 2.24) is 0 Å². The van der Waals surface area contributed by atoms with Gasteiger partial charge in [-0.15, -0.1) is 0 Å². The minimum Gasteiger partial charge on any atom is -0.217 e. The quantitative estimate of drug-likeness (QED) is 0.710.